The van der Waals surface area contributed by atoms with Crippen molar-refractivity contribution >= 4 is 28.0 Å². The predicted molar refractivity (Wildman–Crippen MR) is 85.5 cm³/mol. The normalized spacial score (nSPS) is 14.5. The zero-order valence-corrected chi connectivity index (χ0v) is 13.2. The number of thiazole rings is 1. The Hall–Kier alpha value is -2.55. The van der Waals surface area contributed by atoms with Crippen LogP contribution in [0, 0.1) is 0 Å². The number of aromatic nitrogens is 5. The minimum absolute atomic E-state index is 0.215. The highest BCUT2D eigenvalue weighted by Crippen LogP contribution is 2.17. The molecule has 0 spiro atoms. The van der Waals surface area contributed by atoms with Gasteiger partial charge in [0.15, 0.2) is 0 Å². The Bertz CT molecular complexity index is 836. The third-order valence-corrected chi connectivity index (χ3v) is 4.71. The number of fused-ring (bicyclic) bond motifs is 1. The first-order chi connectivity index (χ1) is 11.3. The number of nitrogens with one attached hydrogen (secondary N) is 1. The molecular weight excluding hydrogens is 314 g/mol. The van der Waals surface area contributed by atoms with Crippen molar-refractivity contribution in [2.24, 2.45) is 0 Å². The first-order valence-electron chi connectivity index (χ1n) is 7.42. The highest BCUT2D eigenvalue weighted by atomic mass is 32.1. The molecule has 0 atom stereocenters. The molecule has 0 aromatic carbocycles. The summed E-state index contributed by atoms with van der Waals surface area (Å²) in [4.78, 5) is 27.8. The maximum atomic E-state index is 12.3. The fraction of sp³-hybridized carbons (Fsp3) is 0.357. The van der Waals surface area contributed by atoms with Crippen LogP contribution in [0.3, 0.4) is 0 Å². The maximum Gasteiger partial charge on any atom is 0.270 e. The van der Waals surface area contributed by atoms with Crippen molar-refractivity contribution in [2.75, 3.05) is 18.0 Å². The molecule has 0 aliphatic carbocycles. The number of carbonyl (C=O) groups is 1. The summed E-state index contributed by atoms with van der Waals surface area (Å²) in [6, 6.07) is 1.75. The van der Waals surface area contributed by atoms with Crippen LogP contribution in [0.2, 0.25) is 0 Å². The summed E-state index contributed by atoms with van der Waals surface area (Å²) in [6.45, 7) is 2.35. The van der Waals surface area contributed by atoms with E-state index in [1.54, 1.807) is 10.6 Å². The van der Waals surface area contributed by atoms with Gasteiger partial charge in [0.2, 0.25) is 4.96 Å². The number of carbonyl (C=O) groups excluding carboxylic acids is 1. The second-order valence-electron chi connectivity index (χ2n) is 5.32. The molecule has 1 fully saturated rings. The van der Waals surface area contributed by atoms with E-state index in [2.05, 4.69) is 30.3 Å². The average molecular weight is 329 g/mol. The first kappa shape index (κ1) is 14.1. The van der Waals surface area contributed by atoms with Crippen LogP contribution in [-0.4, -0.2) is 43.6 Å². The van der Waals surface area contributed by atoms with Crippen molar-refractivity contribution in [2.45, 2.75) is 19.4 Å². The third-order valence-electron chi connectivity index (χ3n) is 3.83. The lowest BCUT2D eigenvalue weighted by molar-refractivity contribution is 0.0945. The van der Waals surface area contributed by atoms with Crippen LogP contribution >= 0.6 is 11.3 Å². The summed E-state index contributed by atoms with van der Waals surface area (Å²) >= 11 is 1.49. The Balaban J connectivity index is 1.46. The monoisotopic (exact) mass is 329 g/mol. The first-order valence-corrected chi connectivity index (χ1v) is 8.30. The van der Waals surface area contributed by atoms with Crippen LogP contribution in [0.25, 0.3) is 4.96 Å². The van der Waals surface area contributed by atoms with Gasteiger partial charge in [-0.25, -0.2) is 19.5 Å². The molecular formula is C14H15N7OS. The van der Waals surface area contributed by atoms with Crippen molar-refractivity contribution in [3.8, 4) is 0 Å². The average Bonchev–Trinajstić information content (AvgIpc) is 3.30. The van der Waals surface area contributed by atoms with Crippen LogP contribution in [0.5, 0.6) is 0 Å². The Morgan fingerprint density at radius 1 is 1.22 bits per heavy atom. The number of hydrogen-bond acceptors (Lipinski definition) is 7. The third kappa shape index (κ3) is 2.74. The van der Waals surface area contributed by atoms with Crippen molar-refractivity contribution < 1.29 is 4.79 Å². The molecule has 4 rings (SSSR count). The summed E-state index contributed by atoms with van der Waals surface area (Å²) < 4.78 is 1.72. The Kier molecular flexibility index (Phi) is 3.62. The summed E-state index contributed by atoms with van der Waals surface area (Å²) in [5.41, 5.74) is 1.27. The number of rotatable bonds is 4. The van der Waals surface area contributed by atoms with E-state index in [0.29, 0.717) is 12.2 Å². The van der Waals surface area contributed by atoms with Crippen LogP contribution in [0.15, 0.2) is 24.1 Å². The number of nitrogens with zero attached hydrogens (tertiary/aromatic N) is 6. The van der Waals surface area contributed by atoms with Crippen LogP contribution < -0.4 is 10.2 Å². The van der Waals surface area contributed by atoms with Crippen LogP contribution in [0.4, 0.5) is 5.82 Å². The fourth-order valence-electron chi connectivity index (χ4n) is 2.65. The largest absolute Gasteiger partial charge is 0.357 e. The van der Waals surface area contributed by atoms with E-state index >= 15 is 0 Å². The van der Waals surface area contributed by atoms with Gasteiger partial charge in [0, 0.05) is 24.5 Å². The standard InChI is InChI=1S/C14H15N7OS/c22-13(15-6-10-7-23-14-18-9-19-21(10)14)11-5-12(17-8-16-11)20-3-1-2-4-20/h5,7-9H,1-4,6H2,(H,15,22). The van der Waals surface area contributed by atoms with Gasteiger partial charge in [-0.15, -0.1) is 11.3 Å². The molecule has 0 unspecified atom stereocenters. The lowest BCUT2D eigenvalue weighted by atomic mass is 10.3. The molecule has 3 aromatic heterocycles. The molecule has 9 heteroatoms. The van der Waals surface area contributed by atoms with Crippen molar-refractivity contribution in [1.82, 2.24) is 29.9 Å². The van der Waals surface area contributed by atoms with Gasteiger partial charge in [-0.05, 0) is 12.8 Å². The van der Waals surface area contributed by atoms with Gasteiger partial charge in [0.1, 0.15) is 24.2 Å². The highest BCUT2D eigenvalue weighted by Gasteiger charge is 2.16. The highest BCUT2D eigenvalue weighted by molar-refractivity contribution is 7.15. The quantitative estimate of drug-likeness (QED) is 0.771. The van der Waals surface area contributed by atoms with E-state index in [1.807, 2.05) is 5.38 Å². The Morgan fingerprint density at radius 2 is 2.09 bits per heavy atom. The molecule has 4 heterocycles. The lowest BCUT2D eigenvalue weighted by Crippen LogP contribution is -2.26. The SMILES string of the molecule is O=C(NCc1csc2ncnn12)c1cc(N2CCCC2)ncn1. The molecule has 118 valence electrons. The second kappa shape index (κ2) is 5.92. The molecule has 8 nitrogen and oxygen atoms in total. The molecule has 3 aromatic rings. The van der Waals surface area contributed by atoms with Gasteiger partial charge in [0.25, 0.3) is 5.91 Å². The lowest BCUT2D eigenvalue weighted by Gasteiger charge is -2.16. The van der Waals surface area contributed by atoms with E-state index < -0.39 is 0 Å². The molecule has 1 aliphatic rings. The topological polar surface area (TPSA) is 88.3 Å². The van der Waals surface area contributed by atoms with Gasteiger partial charge in [-0.3, -0.25) is 4.79 Å². The summed E-state index contributed by atoms with van der Waals surface area (Å²) in [5, 5.41) is 8.94. The smallest absolute Gasteiger partial charge is 0.270 e. The zero-order chi connectivity index (χ0) is 15.6. The molecule has 1 aliphatic heterocycles. The number of amides is 1. The minimum Gasteiger partial charge on any atom is -0.357 e. The van der Waals surface area contributed by atoms with E-state index in [9.17, 15) is 4.79 Å². The van der Waals surface area contributed by atoms with E-state index in [1.165, 1.54) is 24.0 Å². The van der Waals surface area contributed by atoms with E-state index in [-0.39, 0.29) is 5.91 Å². The van der Waals surface area contributed by atoms with E-state index in [0.717, 1.165) is 42.4 Å². The summed E-state index contributed by atoms with van der Waals surface area (Å²) in [5.74, 6) is 0.601. The molecule has 1 N–H and O–H groups in total. The zero-order valence-electron chi connectivity index (χ0n) is 12.3. The van der Waals surface area contributed by atoms with Crippen molar-refractivity contribution in [3.05, 3.63) is 35.5 Å². The fourth-order valence-corrected chi connectivity index (χ4v) is 3.44. The van der Waals surface area contributed by atoms with Crippen molar-refractivity contribution in [1.29, 1.82) is 0 Å². The molecule has 0 bridgehead atoms. The second-order valence-corrected chi connectivity index (χ2v) is 6.16. The van der Waals surface area contributed by atoms with Gasteiger partial charge in [-0.2, -0.15) is 5.10 Å². The summed E-state index contributed by atoms with van der Waals surface area (Å²) in [6.07, 6.45) is 5.28. The Labute approximate surface area is 136 Å². The Morgan fingerprint density at radius 3 is 2.96 bits per heavy atom. The van der Waals surface area contributed by atoms with Crippen molar-refractivity contribution in [3.63, 3.8) is 0 Å². The molecule has 1 saturated heterocycles. The van der Waals surface area contributed by atoms with Crippen LogP contribution in [0.1, 0.15) is 29.0 Å². The van der Waals surface area contributed by atoms with Gasteiger partial charge < -0.3 is 10.2 Å². The maximum absolute atomic E-state index is 12.3. The van der Waals surface area contributed by atoms with Gasteiger partial charge in [-0.1, -0.05) is 0 Å². The molecule has 0 radical (unpaired) electrons. The minimum atomic E-state index is -0.215. The van der Waals surface area contributed by atoms with Crippen LogP contribution in [-0.2, 0) is 6.54 Å². The number of anilines is 1. The molecule has 0 saturated carbocycles. The van der Waals surface area contributed by atoms with Gasteiger partial charge >= 0.3 is 0 Å². The molecule has 1 amide bonds. The summed E-state index contributed by atoms with van der Waals surface area (Å²) in [7, 11) is 0. The number of hydrogen-bond donors (Lipinski definition) is 1. The molecule has 23 heavy (non-hydrogen) atoms. The predicted octanol–water partition coefficient (Wildman–Crippen LogP) is 1.11. The van der Waals surface area contributed by atoms with Gasteiger partial charge in [0.05, 0.1) is 12.2 Å². The van der Waals surface area contributed by atoms with E-state index in [4.69, 9.17) is 0 Å².